The lowest BCUT2D eigenvalue weighted by atomic mass is 10.0. The van der Waals surface area contributed by atoms with Gasteiger partial charge in [0.2, 0.25) is 0 Å². The molecule has 0 aliphatic carbocycles. The zero-order chi connectivity index (χ0) is 34.8. The van der Waals surface area contributed by atoms with Gasteiger partial charge in [-0.3, -0.25) is 33.2 Å². The Morgan fingerprint density at radius 1 is 1.06 bits per heavy atom. The SMILES string of the molecule is CC(=O)OC[C@H]1O[C@@H](n2ccc(=O)n(C/C=C(/CN3CCc4[nH]c5ccc(F)cc5c4C3)c3cccs3)c2=O)[C@H](OC(C)=O)[C@@H]1OC(C)=O. The van der Waals surface area contributed by atoms with Crippen LogP contribution >= 0.6 is 11.3 Å². The molecule has 3 aromatic heterocycles. The number of ether oxygens (including phenoxy) is 4. The lowest BCUT2D eigenvalue weighted by molar-refractivity contribution is -0.166. The molecule has 0 radical (unpaired) electrons. The maximum atomic E-state index is 14.1. The van der Waals surface area contributed by atoms with Gasteiger partial charge in [0.1, 0.15) is 18.5 Å². The second-order valence-electron chi connectivity index (χ2n) is 11.9. The van der Waals surface area contributed by atoms with Crippen molar-refractivity contribution in [3.8, 4) is 0 Å². The van der Waals surface area contributed by atoms with E-state index in [1.807, 2.05) is 23.6 Å². The normalized spacial score (nSPS) is 21.0. The number of rotatable bonds is 10. The zero-order valence-electron chi connectivity index (χ0n) is 27.1. The molecule has 1 saturated heterocycles. The predicted molar refractivity (Wildman–Crippen MR) is 176 cm³/mol. The van der Waals surface area contributed by atoms with E-state index in [1.165, 1.54) is 36.6 Å². The summed E-state index contributed by atoms with van der Waals surface area (Å²) in [4.78, 5) is 69.2. The van der Waals surface area contributed by atoms with E-state index in [9.17, 15) is 28.4 Å². The molecule has 1 N–H and O–H groups in total. The van der Waals surface area contributed by atoms with Crippen LogP contribution in [0.25, 0.3) is 16.5 Å². The van der Waals surface area contributed by atoms with E-state index in [4.69, 9.17) is 18.9 Å². The topological polar surface area (TPSA) is 151 Å². The van der Waals surface area contributed by atoms with Crippen molar-refractivity contribution in [3.63, 3.8) is 0 Å². The van der Waals surface area contributed by atoms with Gasteiger partial charge in [-0.05, 0) is 40.8 Å². The highest BCUT2D eigenvalue weighted by atomic mass is 32.1. The summed E-state index contributed by atoms with van der Waals surface area (Å²) in [5.74, 6) is -2.34. The third kappa shape index (κ3) is 7.43. The van der Waals surface area contributed by atoms with E-state index in [0.717, 1.165) is 68.6 Å². The Hall–Kier alpha value is -4.86. The minimum Gasteiger partial charge on any atom is -0.463 e. The second-order valence-corrected chi connectivity index (χ2v) is 12.9. The lowest BCUT2D eigenvalue weighted by Crippen LogP contribution is -2.45. The van der Waals surface area contributed by atoms with E-state index in [0.29, 0.717) is 13.1 Å². The fourth-order valence-electron chi connectivity index (χ4n) is 6.33. The molecule has 6 rings (SSSR count). The highest BCUT2D eigenvalue weighted by Crippen LogP contribution is 2.34. The van der Waals surface area contributed by atoms with Gasteiger partial charge in [-0.15, -0.1) is 11.3 Å². The van der Waals surface area contributed by atoms with E-state index in [1.54, 1.807) is 12.1 Å². The van der Waals surface area contributed by atoms with Gasteiger partial charge >= 0.3 is 23.6 Å². The van der Waals surface area contributed by atoms with Gasteiger partial charge in [0.15, 0.2) is 18.4 Å². The van der Waals surface area contributed by atoms with Crippen LogP contribution in [-0.4, -0.2) is 74.9 Å². The molecule has 258 valence electrons. The van der Waals surface area contributed by atoms with Crippen molar-refractivity contribution in [2.75, 3.05) is 19.7 Å². The van der Waals surface area contributed by atoms with Crippen LogP contribution in [0.5, 0.6) is 0 Å². The van der Waals surface area contributed by atoms with Gasteiger partial charge in [0, 0.05) is 87.1 Å². The summed E-state index contributed by atoms with van der Waals surface area (Å²) < 4.78 is 38.2. The number of carbonyl (C=O) groups is 3. The predicted octanol–water partition coefficient (Wildman–Crippen LogP) is 3.16. The molecule has 5 heterocycles. The summed E-state index contributed by atoms with van der Waals surface area (Å²) in [5, 5.41) is 2.80. The van der Waals surface area contributed by atoms with E-state index >= 15 is 0 Å². The number of halogens is 1. The van der Waals surface area contributed by atoms with Crippen molar-refractivity contribution in [3.05, 3.63) is 96.8 Å². The number of carbonyl (C=O) groups excluding carboxylic acids is 3. The zero-order valence-corrected chi connectivity index (χ0v) is 27.9. The van der Waals surface area contributed by atoms with Crippen LogP contribution < -0.4 is 11.2 Å². The third-order valence-electron chi connectivity index (χ3n) is 8.48. The number of fused-ring (bicyclic) bond motifs is 3. The summed E-state index contributed by atoms with van der Waals surface area (Å²) >= 11 is 1.53. The Morgan fingerprint density at radius 3 is 2.55 bits per heavy atom. The lowest BCUT2D eigenvalue weighted by Gasteiger charge is -2.28. The van der Waals surface area contributed by atoms with Crippen LogP contribution in [0.15, 0.2) is 63.6 Å². The minimum atomic E-state index is -1.31. The van der Waals surface area contributed by atoms with Gasteiger partial charge in [-0.1, -0.05) is 12.1 Å². The van der Waals surface area contributed by atoms with Crippen molar-refractivity contribution < 1.29 is 37.7 Å². The first-order valence-corrected chi connectivity index (χ1v) is 16.6. The number of nitrogens with one attached hydrogen (secondary N) is 1. The van der Waals surface area contributed by atoms with Gasteiger partial charge in [-0.2, -0.15) is 0 Å². The largest absolute Gasteiger partial charge is 0.463 e. The van der Waals surface area contributed by atoms with Crippen molar-refractivity contribution >= 4 is 45.7 Å². The van der Waals surface area contributed by atoms with Crippen LogP contribution in [0.2, 0.25) is 0 Å². The summed E-state index contributed by atoms with van der Waals surface area (Å²) in [7, 11) is 0. The molecule has 15 heteroatoms. The Balaban J connectivity index is 1.29. The minimum absolute atomic E-state index is 0.0850. The molecule has 0 unspecified atom stereocenters. The van der Waals surface area contributed by atoms with Crippen molar-refractivity contribution in [2.24, 2.45) is 0 Å². The molecule has 0 spiro atoms. The van der Waals surface area contributed by atoms with E-state index in [-0.39, 0.29) is 19.0 Å². The smallest absolute Gasteiger partial charge is 0.333 e. The molecule has 2 aliphatic heterocycles. The maximum absolute atomic E-state index is 14.1. The Morgan fingerprint density at radius 2 is 1.84 bits per heavy atom. The molecule has 2 aliphatic rings. The monoisotopic (exact) mass is 694 g/mol. The van der Waals surface area contributed by atoms with Crippen LogP contribution in [0.1, 0.15) is 43.1 Å². The number of aromatic nitrogens is 3. The molecule has 13 nitrogen and oxygen atoms in total. The number of nitrogens with zero attached hydrogens (tertiary/aromatic N) is 3. The second kappa shape index (κ2) is 14.3. The molecule has 4 atom stereocenters. The molecule has 49 heavy (non-hydrogen) atoms. The molecule has 4 aromatic rings. The summed E-state index contributed by atoms with van der Waals surface area (Å²) in [6.45, 7) is 4.94. The van der Waals surface area contributed by atoms with Gasteiger partial charge < -0.3 is 23.9 Å². The van der Waals surface area contributed by atoms with Gasteiger partial charge in [0.05, 0.1) is 0 Å². The number of esters is 3. The van der Waals surface area contributed by atoms with Crippen molar-refractivity contribution in [1.29, 1.82) is 0 Å². The fraction of sp³-hybridized carbons (Fsp3) is 0.382. The number of aromatic amines is 1. The molecule has 0 bridgehead atoms. The van der Waals surface area contributed by atoms with Crippen molar-refractivity contribution in [2.45, 2.75) is 64.8 Å². The van der Waals surface area contributed by atoms with E-state index < -0.39 is 53.7 Å². The highest BCUT2D eigenvalue weighted by molar-refractivity contribution is 7.11. The Labute approximate surface area is 283 Å². The van der Waals surface area contributed by atoms with Crippen LogP contribution in [0.3, 0.4) is 0 Å². The summed E-state index contributed by atoms with van der Waals surface area (Å²) in [5.41, 5.74) is 2.60. The Bertz CT molecular complexity index is 2030. The molecule has 0 amide bonds. The highest BCUT2D eigenvalue weighted by Gasteiger charge is 2.51. The summed E-state index contributed by atoms with van der Waals surface area (Å²) in [6, 6.07) is 9.81. The first kappa shape index (κ1) is 34.0. The van der Waals surface area contributed by atoms with Crippen LogP contribution in [0.4, 0.5) is 4.39 Å². The fourth-order valence-corrected chi connectivity index (χ4v) is 7.09. The van der Waals surface area contributed by atoms with Gasteiger partial charge in [0.25, 0.3) is 5.56 Å². The molecule has 0 saturated carbocycles. The first-order chi connectivity index (χ1) is 23.5. The van der Waals surface area contributed by atoms with Gasteiger partial charge in [-0.25, -0.2) is 9.18 Å². The molecular weight excluding hydrogens is 659 g/mol. The number of hydrogen-bond donors (Lipinski definition) is 1. The van der Waals surface area contributed by atoms with Crippen molar-refractivity contribution in [1.82, 2.24) is 19.0 Å². The third-order valence-corrected chi connectivity index (χ3v) is 9.42. The standard InChI is InChI=1S/C34H35FN4O9S/c1-19(40)45-18-28-31(46-20(2)41)32(47-21(3)42)33(48-28)39-13-10-30(43)38(34(39)44)12-8-22(29-5-4-14-49-29)16-37-11-9-27-25(17-37)24-15-23(35)6-7-26(24)36-27/h4-8,10,13-15,28,31-33,36H,9,11-12,16-18H2,1-3H3/b22-8-/t28-,31-,32-,33-/m1/s1. The average molecular weight is 695 g/mol. The molecule has 1 fully saturated rings. The number of allylic oxidation sites excluding steroid dienone is 1. The first-order valence-electron chi connectivity index (χ1n) is 15.7. The molecule has 1 aromatic carbocycles. The maximum Gasteiger partial charge on any atom is 0.333 e. The summed E-state index contributed by atoms with van der Waals surface area (Å²) in [6.07, 6.45) is -1.07. The number of thiophene rings is 1. The number of hydrogen-bond acceptors (Lipinski definition) is 11. The Kier molecular flexibility index (Phi) is 9.94. The number of benzene rings is 1. The quantitative estimate of drug-likeness (QED) is 0.194. The number of H-pyrrole nitrogens is 1. The van der Waals surface area contributed by atoms with Crippen LogP contribution in [-0.2, 0) is 52.8 Å². The molecular formula is C34H35FN4O9S. The van der Waals surface area contributed by atoms with Crippen LogP contribution in [0, 0.1) is 5.82 Å². The average Bonchev–Trinajstić information content (AvgIpc) is 3.78. The van der Waals surface area contributed by atoms with E-state index in [2.05, 4.69) is 9.88 Å².